The number of phenolic OH excluding ortho intramolecular Hbond substituents is 1. The van der Waals surface area contributed by atoms with E-state index in [0.29, 0.717) is 32.1 Å². The van der Waals surface area contributed by atoms with Gasteiger partial charge in [-0.05, 0) is 54.6 Å². The molecular formula is C23H18Cl3N2O3+. The van der Waals surface area contributed by atoms with Crippen LogP contribution in [-0.2, 0) is 0 Å². The standard InChI is InChI=1S/C23H17Cl3N2O3/c24-13-3-5-20(29)16(8-13)19-10-18(12-1-6-21-22(7-12)31-11-30-21)27-23(28-19)15-4-2-14(25)9-17(15)26/h1-10,19,23,27-29H,11H2/p+1. The van der Waals surface area contributed by atoms with Gasteiger partial charge in [0, 0.05) is 32.9 Å². The fourth-order valence-corrected chi connectivity index (χ4v) is 4.58. The molecule has 8 heteroatoms. The van der Waals surface area contributed by atoms with Crippen molar-refractivity contribution in [2.45, 2.75) is 12.2 Å². The Morgan fingerprint density at radius 1 is 0.871 bits per heavy atom. The van der Waals surface area contributed by atoms with Gasteiger partial charge in [-0.25, -0.2) is 0 Å². The lowest BCUT2D eigenvalue weighted by molar-refractivity contribution is -0.731. The Morgan fingerprint density at radius 3 is 2.48 bits per heavy atom. The van der Waals surface area contributed by atoms with E-state index in [1.165, 1.54) is 0 Å². The summed E-state index contributed by atoms with van der Waals surface area (Å²) in [5.74, 6) is 1.58. The van der Waals surface area contributed by atoms with Gasteiger partial charge in [0.15, 0.2) is 17.7 Å². The van der Waals surface area contributed by atoms with E-state index in [1.54, 1.807) is 24.3 Å². The van der Waals surface area contributed by atoms with E-state index >= 15 is 0 Å². The molecule has 0 spiro atoms. The molecule has 0 bridgehead atoms. The topological polar surface area (TPSA) is 67.3 Å². The minimum Gasteiger partial charge on any atom is -0.507 e. The molecule has 0 fully saturated rings. The zero-order chi connectivity index (χ0) is 21.5. The first-order chi connectivity index (χ1) is 15.0. The van der Waals surface area contributed by atoms with Gasteiger partial charge in [-0.1, -0.05) is 34.8 Å². The molecular weight excluding hydrogens is 459 g/mol. The fourth-order valence-electron chi connectivity index (χ4n) is 3.87. The van der Waals surface area contributed by atoms with Gasteiger partial charge in [0.05, 0.1) is 10.6 Å². The van der Waals surface area contributed by atoms with Gasteiger partial charge in [-0.15, -0.1) is 0 Å². The normalized spacial score (nSPS) is 19.6. The second-order valence-electron chi connectivity index (χ2n) is 7.36. The summed E-state index contributed by atoms with van der Waals surface area (Å²) in [7, 11) is 0. The van der Waals surface area contributed by atoms with Crippen molar-refractivity contribution < 1.29 is 19.9 Å². The van der Waals surface area contributed by atoms with Gasteiger partial charge >= 0.3 is 0 Å². The van der Waals surface area contributed by atoms with Gasteiger partial charge in [0.2, 0.25) is 6.79 Å². The number of phenols is 1. The molecule has 2 aliphatic rings. The summed E-state index contributed by atoms with van der Waals surface area (Å²) in [6.07, 6.45) is 1.82. The van der Waals surface area contributed by atoms with E-state index < -0.39 is 0 Å². The first kappa shape index (κ1) is 20.3. The first-order valence-electron chi connectivity index (χ1n) is 9.64. The number of fused-ring (bicyclic) bond motifs is 1. The molecule has 31 heavy (non-hydrogen) atoms. The van der Waals surface area contributed by atoms with E-state index in [4.69, 9.17) is 44.3 Å². The molecule has 3 aromatic carbocycles. The van der Waals surface area contributed by atoms with Crippen molar-refractivity contribution in [2.75, 3.05) is 6.79 Å². The Balaban J connectivity index is 1.59. The Morgan fingerprint density at radius 2 is 1.65 bits per heavy atom. The number of nitrogens with two attached hydrogens (primary N) is 1. The molecule has 2 aliphatic heterocycles. The SMILES string of the molecule is Oc1ccc(Cl)cc1C1C=C(c2ccc3c(c2)OCO3)NC(c2ccc(Cl)cc2Cl)[NH2+]1. The second-order valence-corrected chi connectivity index (χ2v) is 8.64. The van der Waals surface area contributed by atoms with Crippen LogP contribution >= 0.6 is 34.8 Å². The molecule has 5 rings (SSSR count). The van der Waals surface area contributed by atoms with Gasteiger partial charge in [0.1, 0.15) is 11.8 Å². The van der Waals surface area contributed by atoms with E-state index in [2.05, 4.69) is 10.6 Å². The number of nitrogens with one attached hydrogen (secondary N) is 1. The second kappa shape index (κ2) is 8.17. The Bertz CT molecular complexity index is 1200. The average Bonchev–Trinajstić information content (AvgIpc) is 3.23. The highest BCUT2D eigenvalue weighted by Crippen LogP contribution is 2.37. The average molecular weight is 477 g/mol. The molecule has 0 aromatic heterocycles. The summed E-state index contributed by atoms with van der Waals surface area (Å²) in [4.78, 5) is 0. The van der Waals surface area contributed by atoms with Crippen molar-refractivity contribution in [3.05, 3.63) is 92.4 Å². The lowest BCUT2D eigenvalue weighted by atomic mass is 9.97. The minimum absolute atomic E-state index is 0.176. The van der Waals surface area contributed by atoms with Crippen LogP contribution in [0.3, 0.4) is 0 Å². The zero-order valence-electron chi connectivity index (χ0n) is 16.1. The third-order valence-electron chi connectivity index (χ3n) is 5.39. The summed E-state index contributed by atoms with van der Waals surface area (Å²) < 4.78 is 11.0. The summed E-state index contributed by atoms with van der Waals surface area (Å²) >= 11 is 18.8. The van der Waals surface area contributed by atoms with E-state index in [1.807, 2.05) is 36.4 Å². The van der Waals surface area contributed by atoms with Crippen molar-refractivity contribution in [1.29, 1.82) is 0 Å². The maximum atomic E-state index is 10.5. The lowest BCUT2D eigenvalue weighted by Gasteiger charge is -2.30. The fraction of sp³-hybridized carbons (Fsp3) is 0.130. The molecule has 0 saturated heterocycles. The molecule has 5 nitrogen and oxygen atoms in total. The molecule has 0 radical (unpaired) electrons. The molecule has 2 atom stereocenters. The van der Waals surface area contributed by atoms with Crippen LogP contribution in [0.4, 0.5) is 0 Å². The van der Waals surface area contributed by atoms with Crippen molar-refractivity contribution in [3.8, 4) is 17.2 Å². The predicted octanol–water partition coefficient (Wildman–Crippen LogP) is 5.03. The van der Waals surface area contributed by atoms with Crippen LogP contribution in [0.25, 0.3) is 5.70 Å². The Hall–Kier alpha value is -2.57. The van der Waals surface area contributed by atoms with Crippen molar-refractivity contribution >= 4 is 40.5 Å². The quantitative estimate of drug-likeness (QED) is 0.496. The van der Waals surface area contributed by atoms with Crippen LogP contribution in [0.2, 0.25) is 15.1 Å². The Labute approximate surface area is 194 Å². The Kier molecular flexibility index (Phi) is 5.36. The highest BCUT2D eigenvalue weighted by atomic mass is 35.5. The number of benzene rings is 3. The number of hydrogen-bond acceptors (Lipinski definition) is 4. The van der Waals surface area contributed by atoms with Crippen LogP contribution in [0.1, 0.15) is 28.9 Å². The third kappa shape index (κ3) is 4.02. The summed E-state index contributed by atoms with van der Waals surface area (Å²) in [5, 5.41) is 17.8. The van der Waals surface area contributed by atoms with Gasteiger partial charge in [-0.3, -0.25) is 0 Å². The predicted molar refractivity (Wildman–Crippen MR) is 121 cm³/mol. The summed E-state index contributed by atoms with van der Waals surface area (Å²) in [5.41, 5.74) is 3.39. The van der Waals surface area contributed by atoms with Gasteiger partial charge in [-0.2, -0.15) is 0 Å². The molecule has 0 saturated carbocycles. The van der Waals surface area contributed by atoms with Crippen LogP contribution < -0.4 is 20.1 Å². The number of halogens is 3. The molecule has 2 heterocycles. The lowest BCUT2D eigenvalue weighted by Crippen LogP contribution is -2.89. The van der Waals surface area contributed by atoms with E-state index in [-0.39, 0.29) is 24.8 Å². The van der Waals surface area contributed by atoms with Crippen molar-refractivity contribution in [3.63, 3.8) is 0 Å². The number of rotatable bonds is 3. The van der Waals surface area contributed by atoms with Crippen LogP contribution in [-0.4, -0.2) is 11.9 Å². The van der Waals surface area contributed by atoms with Crippen LogP contribution in [0, 0.1) is 0 Å². The third-order valence-corrected chi connectivity index (χ3v) is 6.18. The van der Waals surface area contributed by atoms with Gasteiger partial charge < -0.3 is 25.2 Å². The molecule has 0 amide bonds. The molecule has 4 N–H and O–H groups in total. The summed E-state index contributed by atoms with van der Waals surface area (Å²) in [6, 6.07) is 16.0. The van der Waals surface area contributed by atoms with E-state index in [0.717, 1.165) is 16.8 Å². The minimum atomic E-state index is -0.224. The van der Waals surface area contributed by atoms with Crippen LogP contribution in [0.15, 0.2) is 60.7 Å². The largest absolute Gasteiger partial charge is 0.507 e. The van der Waals surface area contributed by atoms with Gasteiger partial charge in [0.25, 0.3) is 0 Å². The maximum absolute atomic E-state index is 10.5. The maximum Gasteiger partial charge on any atom is 0.231 e. The zero-order valence-corrected chi connectivity index (χ0v) is 18.4. The van der Waals surface area contributed by atoms with Crippen LogP contribution in [0.5, 0.6) is 17.2 Å². The highest BCUT2D eigenvalue weighted by molar-refractivity contribution is 6.35. The number of hydrogen-bond donors (Lipinski definition) is 3. The van der Waals surface area contributed by atoms with Crippen molar-refractivity contribution in [2.24, 2.45) is 0 Å². The highest BCUT2D eigenvalue weighted by Gasteiger charge is 2.31. The number of quaternary nitrogens is 1. The molecule has 0 aliphatic carbocycles. The van der Waals surface area contributed by atoms with E-state index in [9.17, 15) is 5.11 Å². The smallest absolute Gasteiger partial charge is 0.231 e. The van der Waals surface area contributed by atoms with Crippen molar-refractivity contribution in [1.82, 2.24) is 5.32 Å². The molecule has 158 valence electrons. The number of ether oxygens (including phenoxy) is 2. The molecule has 3 aromatic rings. The monoisotopic (exact) mass is 475 g/mol. The molecule has 2 unspecified atom stereocenters. The number of aromatic hydroxyl groups is 1. The first-order valence-corrected chi connectivity index (χ1v) is 10.8. The summed E-state index contributed by atoms with van der Waals surface area (Å²) in [6.45, 7) is 0.209.